The second-order valence-electron chi connectivity index (χ2n) is 5.68. The average molecular weight is 331 g/mol. The molecule has 6 nitrogen and oxygen atoms in total. The Kier molecular flexibility index (Phi) is 4.85. The van der Waals surface area contributed by atoms with Crippen molar-refractivity contribution in [2.45, 2.75) is 39.2 Å². The van der Waals surface area contributed by atoms with E-state index in [1.54, 1.807) is 18.6 Å². The van der Waals surface area contributed by atoms with Crippen molar-refractivity contribution in [3.8, 4) is 0 Å². The third-order valence-corrected chi connectivity index (χ3v) is 4.99. The molecule has 1 unspecified atom stereocenters. The highest BCUT2D eigenvalue weighted by molar-refractivity contribution is 7.13. The zero-order valence-electron chi connectivity index (χ0n) is 13.5. The van der Waals surface area contributed by atoms with Crippen LogP contribution in [0.15, 0.2) is 18.6 Å². The molecule has 1 N–H and O–H groups in total. The van der Waals surface area contributed by atoms with E-state index in [-0.39, 0.29) is 11.9 Å². The second kappa shape index (κ2) is 7.04. The number of nitrogens with one attached hydrogen (secondary N) is 1. The standard InChI is InChI=1S/C16H21N5OS/c1-3-13-15(23-11(2)19-13)16(22)20-12-5-4-8-21(10-12)14-9-17-6-7-18-14/h6-7,9,12H,3-5,8,10H2,1-2H3,(H,20,22). The quantitative estimate of drug-likeness (QED) is 0.930. The molecule has 1 atom stereocenters. The highest BCUT2D eigenvalue weighted by Crippen LogP contribution is 2.20. The molecule has 0 aromatic carbocycles. The van der Waals surface area contributed by atoms with Gasteiger partial charge in [0.05, 0.1) is 16.9 Å². The molecule has 2 aromatic rings. The minimum atomic E-state index is -0.00144. The molecule has 122 valence electrons. The molecule has 7 heteroatoms. The number of nitrogens with zero attached hydrogens (tertiary/aromatic N) is 4. The monoisotopic (exact) mass is 331 g/mol. The van der Waals surface area contributed by atoms with E-state index in [2.05, 4.69) is 25.2 Å². The maximum absolute atomic E-state index is 12.6. The molecule has 1 fully saturated rings. The maximum atomic E-state index is 12.6. The number of anilines is 1. The Hall–Kier alpha value is -2.02. The minimum Gasteiger partial charge on any atom is -0.353 e. The Morgan fingerprint density at radius 2 is 2.35 bits per heavy atom. The first kappa shape index (κ1) is 15.9. The summed E-state index contributed by atoms with van der Waals surface area (Å²) in [5.41, 5.74) is 0.895. The first-order valence-corrected chi connectivity index (χ1v) is 8.77. The molecule has 0 aliphatic carbocycles. The van der Waals surface area contributed by atoms with Crippen molar-refractivity contribution in [1.29, 1.82) is 0 Å². The Balaban J connectivity index is 1.66. The average Bonchev–Trinajstić information content (AvgIpc) is 2.97. The van der Waals surface area contributed by atoms with Gasteiger partial charge in [-0.3, -0.25) is 9.78 Å². The second-order valence-corrected chi connectivity index (χ2v) is 6.89. The zero-order valence-corrected chi connectivity index (χ0v) is 14.3. The number of hydrogen-bond acceptors (Lipinski definition) is 6. The van der Waals surface area contributed by atoms with Gasteiger partial charge in [-0.1, -0.05) is 6.92 Å². The van der Waals surface area contributed by atoms with Crippen molar-refractivity contribution in [3.63, 3.8) is 0 Å². The molecule has 1 aliphatic heterocycles. The van der Waals surface area contributed by atoms with Crippen LogP contribution in [0.4, 0.5) is 5.82 Å². The predicted molar refractivity (Wildman–Crippen MR) is 91.0 cm³/mol. The third kappa shape index (κ3) is 3.67. The summed E-state index contributed by atoms with van der Waals surface area (Å²) in [6, 6.07) is 0.130. The molecule has 1 amide bonds. The summed E-state index contributed by atoms with van der Waals surface area (Å²) in [6.07, 6.45) is 7.94. The Bertz CT molecular complexity index is 672. The fraction of sp³-hybridized carbons (Fsp3) is 0.500. The lowest BCUT2D eigenvalue weighted by Gasteiger charge is -2.33. The first-order valence-electron chi connectivity index (χ1n) is 7.95. The zero-order chi connectivity index (χ0) is 16.2. The van der Waals surface area contributed by atoms with Crippen molar-refractivity contribution in [3.05, 3.63) is 34.2 Å². The minimum absolute atomic E-state index is 0.00144. The van der Waals surface area contributed by atoms with E-state index in [9.17, 15) is 4.79 Å². The highest BCUT2D eigenvalue weighted by atomic mass is 32.1. The van der Waals surface area contributed by atoms with E-state index in [1.165, 1.54) is 11.3 Å². The van der Waals surface area contributed by atoms with Crippen molar-refractivity contribution >= 4 is 23.1 Å². The SMILES string of the molecule is CCc1nc(C)sc1C(=O)NC1CCCN(c2cnccn2)C1. The number of rotatable bonds is 4. The fourth-order valence-corrected chi connectivity index (χ4v) is 3.81. The number of thiazole rings is 1. The summed E-state index contributed by atoms with van der Waals surface area (Å²) in [5.74, 6) is 0.868. The van der Waals surface area contributed by atoms with Crippen LogP contribution in [0, 0.1) is 6.92 Å². The van der Waals surface area contributed by atoms with E-state index in [1.807, 2.05) is 13.8 Å². The largest absolute Gasteiger partial charge is 0.353 e. The number of carbonyl (C=O) groups excluding carboxylic acids is 1. The van der Waals surface area contributed by atoms with Crippen LogP contribution < -0.4 is 10.2 Å². The van der Waals surface area contributed by atoms with Crippen LogP contribution in [-0.2, 0) is 6.42 Å². The number of piperidine rings is 1. The molecular weight excluding hydrogens is 310 g/mol. The van der Waals surface area contributed by atoms with Crippen molar-refractivity contribution in [2.24, 2.45) is 0 Å². The van der Waals surface area contributed by atoms with Crippen molar-refractivity contribution in [1.82, 2.24) is 20.3 Å². The van der Waals surface area contributed by atoms with Gasteiger partial charge >= 0.3 is 0 Å². The summed E-state index contributed by atoms with van der Waals surface area (Å²) in [6.45, 7) is 5.69. The van der Waals surface area contributed by atoms with Crippen LogP contribution in [0.2, 0.25) is 0 Å². The van der Waals surface area contributed by atoms with Gasteiger partial charge in [-0.05, 0) is 26.2 Å². The van der Waals surface area contributed by atoms with Crippen LogP contribution in [-0.4, -0.2) is 40.0 Å². The van der Waals surface area contributed by atoms with Crippen molar-refractivity contribution < 1.29 is 4.79 Å². The van der Waals surface area contributed by atoms with Gasteiger partial charge < -0.3 is 10.2 Å². The third-order valence-electron chi connectivity index (χ3n) is 3.98. The van der Waals surface area contributed by atoms with E-state index < -0.39 is 0 Å². The number of amides is 1. The van der Waals surface area contributed by atoms with E-state index in [0.717, 1.165) is 53.7 Å². The lowest BCUT2D eigenvalue weighted by Crippen LogP contribution is -2.48. The van der Waals surface area contributed by atoms with Crippen molar-refractivity contribution in [2.75, 3.05) is 18.0 Å². The number of carbonyl (C=O) groups is 1. The summed E-state index contributed by atoms with van der Waals surface area (Å²) in [7, 11) is 0. The molecule has 2 aromatic heterocycles. The van der Waals surface area contributed by atoms with Gasteiger partial charge in [0, 0.05) is 31.5 Å². The van der Waals surface area contributed by atoms with Crippen LogP contribution in [0.25, 0.3) is 0 Å². The number of aryl methyl sites for hydroxylation is 2. The van der Waals surface area contributed by atoms with Gasteiger partial charge in [0.2, 0.25) is 0 Å². The molecule has 0 saturated carbocycles. The Labute approximate surface area is 140 Å². The van der Waals surface area contributed by atoms with Gasteiger partial charge in [-0.25, -0.2) is 9.97 Å². The lowest BCUT2D eigenvalue weighted by atomic mass is 10.1. The van der Waals surface area contributed by atoms with Gasteiger partial charge in [0.1, 0.15) is 10.7 Å². The fourth-order valence-electron chi connectivity index (χ4n) is 2.90. The van der Waals surface area contributed by atoms with Crippen LogP contribution in [0.5, 0.6) is 0 Å². The lowest BCUT2D eigenvalue weighted by molar-refractivity contribution is 0.0936. The Morgan fingerprint density at radius 1 is 1.48 bits per heavy atom. The topological polar surface area (TPSA) is 71.0 Å². The summed E-state index contributed by atoms with van der Waals surface area (Å²) < 4.78 is 0. The molecule has 1 saturated heterocycles. The molecule has 23 heavy (non-hydrogen) atoms. The predicted octanol–water partition coefficient (Wildman–Crippen LogP) is 2.20. The summed E-state index contributed by atoms with van der Waals surface area (Å²) in [4.78, 5) is 28.4. The number of hydrogen-bond donors (Lipinski definition) is 1. The molecule has 0 spiro atoms. The van der Waals surface area contributed by atoms with E-state index in [0.29, 0.717) is 0 Å². The van der Waals surface area contributed by atoms with E-state index >= 15 is 0 Å². The molecule has 3 rings (SSSR count). The molecule has 3 heterocycles. The van der Waals surface area contributed by atoms with Crippen LogP contribution >= 0.6 is 11.3 Å². The van der Waals surface area contributed by atoms with E-state index in [4.69, 9.17) is 0 Å². The molecular formula is C16H21N5OS. The van der Waals surface area contributed by atoms with Gasteiger partial charge in [0.25, 0.3) is 5.91 Å². The highest BCUT2D eigenvalue weighted by Gasteiger charge is 2.24. The normalized spacial score (nSPS) is 18.0. The first-order chi connectivity index (χ1) is 11.2. The summed E-state index contributed by atoms with van der Waals surface area (Å²) in [5, 5.41) is 4.11. The van der Waals surface area contributed by atoms with Gasteiger partial charge in [-0.15, -0.1) is 11.3 Å². The van der Waals surface area contributed by atoms with Gasteiger partial charge in [0.15, 0.2) is 0 Å². The van der Waals surface area contributed by atoms with Gasteiger partial charge in [-0.2, -0.15) is 0 Å². The Morgan fingerprint density at radius 3 is 3.09 bits per heavy atom. The molecule has 0 bridgehead atoms. The summed E-state index contributed by atoms with van der Waals surface area (Å²) >= 11 is 1.47. The van der Waals surface area contributed by atoms with Crippen LogP contribution in [0.3, 0.4) is 0 Å². The smallest absolute Gasteiger partial charge is 0.263 e. The molecule has 0 radical (unpaired) electrons. The maximum Gasteiger partial charge on any atom is 0.263 e. The molecule has 1 aliphatic rings. The number of aromatic nitrogens is 3. The van der Waals surface area contributed by atoms with Crippen LogP contribution in [0.1, 0.15) is 40.1 Å².